The highest BCUT2D eigenvalue weighted by Crippen LogP contribution is 2.24. The van der Waals surface area contributed by atoms with Crippen molar-refractivity contribution in [3.63, 3.8) is 0 Å². The van der Waals surface area contributed by atoms with Gasteiger partial charge in [0.1, 0.15) is 6.04 Å². The zero-order valence-electron chi connectivity index (χ0n) is 13.3. The number of para-hydroxylation sites is 1. The first-order valence-corrected chi connectivity index (χ1v) is 8.92. The Labute approximate surface area is 143 Å². The second kappa shape index (κ2) is 7.15. The fourth-order valence-electron chi connectivity index (χ4n) is 2.72. The lowest BCUT2D eigenvalue weighted by molar-refractivity contribution is -0.387. The van der Waals surface area contributed by atoms with Crippen molar-refractivity contribution in [2.45, 2.75) is 36.7 Å². The SMILES string of the molecule is C[C@H](NS(=O)(=O)c1ccccc1[N+](=O)[O-])C(=O)N1CCC[C@H]1C(=O)O. The molecule has 0 unspecified atom stereocenters. The van der Waals surface area contributed by atoms with Gasteiger partial charge in [-0.15, -0.1) is 0 Å². The van der Waals surface area contributed by atoms with Crippen LogP contribution in [0.2, 0.25) is 0 Å². The van der Waals surface area contributed by atoms with Crippen molar-refractivity contribution in [3.8, 4) is 0 Å². The van der Waals surface area contributed by atoms with Gasteiger partial charge in [0.2, 0.25) is 15.9 Å². The molecule has 1 heterocycles. The Morgan fingerprint density at radius 2 is 2.04 bits per heavy atom. The zero-order valence-corrected chi connectivity index (χ0v) is 14.1. The van der Waals surface area contributed by atoms with Crippen molar-refractivity contribution in [1.29, 1.82) is 0 Å². The highest BCUT2D eigenvalue weighted by atomic mass is 32.2. The van der Waals surface area contributed by atoms with Crippen molar-refractivity contribution in [2.24, 2.45) is 0 Å². The van der Waals surface area contributed by atoms with Gasteiger partial charge in [-0.2, -0.15) is 4.72 Å². The minimum Gasteiger partial charge on any atom is -0.480 e. The molecule has 0 radical (unpaired) electrons. The van der Waals surface area contributed by atoms with Crippen molar-refractivity contribution in [1.82, 2.24) is 9.62 Å². The molecule has 10 nitrogen and oxygen atoms in total. The molecule has 136 valence electrons. The van der Waals surface area contributed by atoms with E-state index in [0.717, 1.165) is 17.0 Å². The van der Waals surface area contributed by atoms with Crippen molar-refractivity contribution in [3.05, 3.63) is 34.4 Å². The summed E-state index contributed by atoms with van der Waals surface area (Å²) in [6.45, 7) is 1.49. The number of carbonyl (C=O) groups is 2. The first kappa shape index (κ1) is 18.8. The lowest BCUT2D eigenvalue weighted by atomic mass is 10.2. The number of carboxylic acids is 1. The van der Waals surface area contributed by atoms with Crippen LogP contribution in [0, 0.1) is 10.1 Å². The molecule has 2 N–H and O–H groups in total. The Hall–Kier alpha value is -2.53. The lowest BCUT2D eigenvalue weighted by Crippen LogP contribution is -2.50. The highest BCUT2D eigenvalue weighted by Gasteiger charge is 2.37. The van der Waals surface area contributed by atoms with Crippen LogP contribution in [0.1, 0.15) is 19.8 Å². The predicted molar refractivity (Wildman–Crippen MR) is 85.3 cm³/mol. The van der Waals surface area contributed by atoms with Gasteiger partial charge in [-0.25, -0.2) is 13.2 Å². The zero-order chi connectivity index (χ0) is 18.8. The van der Waals surface area contributed by atoms with E-state index >= 15 is 0 Å². The largest absolute Gasteiger partial charge is 0.480 e. The molecule has 0 spiro atoms. The van der Waals surface area contributed by atoms with Crippen LogP contribution >= 0.6 is 0 Å². The smallest absolute Gasteiger partial charge is 0.326 e. The minimum atomic E-state index is -4.33. The third-order valence-electron chi connectivity index (χ3n) is 3.87. The number of amides is 1. The normalized spacial score (nSPS) is 18.8. The van der Waals surface area contributed by atoms with Gasteiger partial charge in [0, 0.05) is 12.6 Å². The van der Waals surface area contributed by atoms with Crippen LogP contribution in [-0.4, -0.2) is 53.9 Å². The average molecular weight is 371 g/mol. The Bertz CT molecular complexity index is 808. The summed E-state index contributed by atoms with van der Waals surface area (Å²) < 4.78 is 26.9. The van der Waals surface area contributed by atoms with Gasteiger partial charge >= 0.3 is 5.97 Å². The van der Waals surface area contributed by atoms with E-state index < -0.39 is 49.5 Å². The molecule has 11 heteroatoms. The summed E-state index contributed by atoms with van der Waals surface area (Å²) in [5, 5.41) is 20.1. The molecular formula is C14H17N3O7S. The molecular weight excluding hydrogens is 354 g/mol. The molecule has 1 aliphatic heterocycles. The number of nitrogens with one attached hydrogen (secondary N) is 1. The first-order valence-electron chi connectivity index (χ1n) is 7.44. The Morgan fingerprint density at radius 1 is 1.40 bits per heavy atom. The molecule has 25 heavy (non-hydrogen) atoms. The van der Waals surface area contributed by atoms with E-state index in [9.17, 15) is 28.1 Å². The van der Waals surface area contributed by atoms with E-state index in [-0.39, 0.29) is 6.54 Å². The van der Waals surface area contributed by atoms with E-state index in [1.54, 1.807) is 0 Å². The van der Waals surface area contributed by atoms with E-state index in [2.05, 4.69) is 4.72 Å². The quantitative estimate of drug-likeness (QED) is 0.541. The van der Waals surface area contributed by atoms with Crippen LogP contribution in [0.3, 0.4) is 0 Å². The van der Waals surface area contributed by atoms with Crippen molar-refractivity contribution in [2.75, 3.05) is 6.54 Å². The maximum absolute atomic E-state index is 12.4. The van der Waals surface area contributed by atoms with Crippen LogP contribution < -0.4 is 4.72 Å². The first-order chi connectivity index (χ1) is 11.6. The number of rotatable bonds is 6. The van der Waals surface area contributed by atoms with Crippen LogP contribution in [0.5, 0.6) is 0 Å². The fraction of sp³-hybridized carbons (Fsp3) is 0.429. The van der Waals surface area contributed by atoms with E-state index in [0.29, 0.717) is 12.8 Å². The van der Waals surface area contributed by atoms with Gasteiger partial charge in [0.05, 0.1) is 11.0 Å². The molecule has 0 bridgehead atoms. The number of carbonyl (C=O) groups excluding carboxylic acids is 1. The molecule has 0 saturated carbocycles. The molecule has 1 amide bonds. The number of hydrogen-bond donors (Lipinski definition) is 2. The average Bonchev–Trinajstić information content (AvgIpc) is 3.03. The number of nitrogens with zero attached hydrogens (tertiary/aromatic N) is 2. The third-order valence-corrected chi connectivity index (χ3v) is 5.46. The van der Waals surface area contributed by atoms with Gasteiger partial charge in [-0.3, -0.25) is 14.9 Å². The minimum absolute atomic E-state index is 0.216. The van der Waals surface area contributed by atoms with Crippen LogP contribution in [0.4, 0.5) is 5.69 Å². The topological polar surface area (TPSA) is 147 Å². The lowest BCUT2D eigenvalue weighted by Gasteiger charge is -2.25. The van der Waals surface area contributed by atoms with Gasteiger partial charge in [-0.1, -0.05) is 12.1 Å². The van der Waals surface area contributed by atoms with Gasteiger partial charge in [0.25, 0.3) is 5.69 Å². The Morgan fingerprint density at radius 3 is 2.64 bits per heavy atom. The van der Waals surface area contributed by atoms with E-state index in [1.165, 1.54) is 19.1 Å². The molecule has 1 aromatic carbocycles. The number of nitro groups is 1. The van der Waals surface area contributed by atoms with Gasteiger partial charge in [-0.05, 0) is 25.8 Å². The Balaban J connectivity index is 2.22. The standard InChI is InChI=1S/C14H17N3O7S/c1-9(13(18)16-8-4-6-11(16)14(19)20)15-25(23,24)12-7-3-2-5-10(12)17(21)22/h2-3,5,7,9,11,15H,4,6,8H2,1H3,(H,19,20)/t9-,11-/m0/s1. The molecule has 1 aliphatic rings. The summed E-state index contributed by atoms with van der Waals surface area (Å²) >= 11 is 0. The number of likely N-dealkylation sites (tertiary alicyclic amines) is 1. The molecule has 1 fully saturated rings. The highest BCUT2D eigenvalue weighted by molar-refractivity contribution is 7.89. The molecule has 0 aliphatic carbocycles. The molecule has 2 atom stereocenters. The maximum atomic E-state index is 12.4. The number of carboxylic acid groups (broad SMARTS) is 1. The summed E-state index contributed by atoms with van der Waals surface area (Å²) in [7, 11) is -4.33. The van der Waals surface area contributed by atoms with E-state index in [1.807, 2.05) is 0 Å². The van der Waals surface area contributed by atoms with Crippen LogP contribution in [0.25, 0.3) is 0 Å². The fourth-order valence-corrected chi connectivity index (χ4v) is 4.09. The summed E-state index contributed by atoms with van der Waals surface area (Å²) in [6.07, 6.45) is 0.803. The monoisotopic (exact) mass is 371 g/mol. The summed E-state index contributed by atoms with van der Waals surface area (Å²) in [5.74, 6) is -1.84. The molecule has 1 saturated heterocycles. The number of hydrogen-bond acceptors (Lipinski definition) is 6. The third kappa shape index (κ3) is 3.94. The predicted octanol–water partition coefficient (Wildman–Crippen LogP) is 0.337. The molecule has 1 aromatic rings. The van der Waals surface area contributed by atoms with Gasteiger partial charge < -0.3 is 10.0 Å². The summed E-state index contributed by atoms with van der Waals surface area (Å²) in [5.41, 5.74) is -0.612. The summed E-state index contributed by atoms with van der Waals surface area (Å²) in [6, 6.07) is 2.51. The van der Waals surface area contributed by atoms with Gasteiger partial charge in [0.15, 0.2) is 4.90 Å². The second-order valence-corrected chi connectivity index (χ2v) is 7.28. The number of benzene rings is 1. The number of nitro benzene ring substituents is 1. The van der Waals surface area contributed by atoms with Crippen LogP contribution in [0.15, 0.2) is 29.2 Å². The van der Waals surface area contributed by atoms with Crippen LogP contribution in [-0.2, 0) is 19.6 Å². The van der Waals surface area contributed by atoms with Crippen molar-refractivity contribution < 1.29 is 28.0 Å². The number of aliphatic carboxylic acids is 1. The number of sulfonamides is 1. The maximum Gasteiger partial charge on any atom is 0.326 e. The summed E-state index contributed by atoms with van der Waals surface area (Å²) in [4.78, 5) is 34.3. The second-order valence-electron chi connectivity index (χ2n) is 5.60. The van der Waals surface area contributed by atoms with E-state index in [4.69, 9.17) is 5.11 Å². The molecule has 2 rings (SSSR count). The molecule has 0 aromatic heterocycles. The Kier molecular flexibility index (Phi) is 5.38. The van der Waals surface area contributed by atoms with Crippen molar-refractivity contribution >= 4 is 27.6 Å².